The first-order valence-electron chi connectivity index (χ1n) is 6.21. The van der Waals surface area contributed by atoms with Gasteiger partial charge in [-0.2, -0.15) is 0 Å². The third-order valence-electron chi connectivity index (χ3n) is 4.77. The van der Waals surface area contributed by atoms with Crippen molar-refractivity contribution in [2.24, 2.45) is 5.92 Å². The predicted molar refractivity (Wildman–Crippen MR) is 66.6 cm³/mol. The average Bonchev–Trinajstić information content (AvgIpc) is 2.51. The molecule has 2 heteroatoms. The van der Waals surface area contributed by atoms with Crippen molar-refractivity contribution in [1.29, 1.82) is 0 Å². The van der Waals surface area contributed by atoms with Crippen LogP contribution in [0.4, 0.5) is 0 Å². The molecule has 2 heterocycles. The molecule has 0 saturated carbocycles. The van der Waals surface area contributed by atoms with E-state index in [0.717, 1.165) is 19.0 Å². The van der Waals surface area contributed by atoms with E-state index in [-0.39, 0.29) is 0 Å². The Labute approximate surface area is 97.6 Å². The van der Waals surface area contributed by atoms with Crippen LogP contribution in [0.5, 0.6) is 0 Å². The number of nitrogens with one attached hydrogen (secondary N) is 1. The number of likely N-dealkylation sites (tertiary alicyclic amines) is 1. The molecule has 2 atom stereocenters. The Morgan fingerprint density at radius 3 is 2.44 bits per heavy atom. The van der Waals surface area contributed by atoms with Crippen molar-refractivity contribution in [2.45, 2.75) is 18.4 Å². The molecule has 0 aromatic heterocycles. The average molecular weight is 216 g/mol. The first-order valence-corrected chi connectivity index (χ1v) is 6.21. The predicted octanol–water partition coefficient (Wildman–Crippen LogP) is 1.69. The Bertz CT molecular complexity index is 370. The van der Waals surface area contributed by atoms with Crippen LogP contribution in [0.1, 0.15) is 18.4 Å². The minimum atomic E-state index is 0.431. The highest BCUT2D eigenvalue weighted by molar-refractivity contribution is 5.26. The highest BCUT2D eigenvalue weighted by Crippen LogP contribution is 2.44. The fourth-order valence-corrected chi connectivity index (χ4v) is 3.42. The van der Waals surface area contributed by atoms with E-state index >= 15 is 0 Å². The van der Waals surface area contributed by atoms with Crippen LogP contribution >= 0.6 is 0 Å². The lowest BCUT2D eigenvalue weighted by Gasteiger charge is -2.48. The van der Waals surface area contributed by atoms with Crippen molar-refractivity contribution in [3.63, 3.8) is 0 Å². The molecule has 1 aromatic rings. The van der Waals surface area contributed by atoms with Crippen LogP contribution in [-0.2, 0) is 0 Å². The standard InChI is InChI=1S/C14H20N2/c1-11-13(12-6-4-3-5-7-12)8-16(2)14(11)9-15-10-14/h3-7,11,13,15H,8-10H2,1-2H3. The highest BCUT2D eigenvalue weighted by Gasteiger charge is 2.53. The van der Waals surface area contributed by atoms with Crippen LogP contribution in [0, 0.1) is 5.92 Å². The number of benzene rings is 1. The van der Waals surface area contributed by atoms with Gasteiger partial charge in [-0.05, 0) is 18.5 Å². The molecule has 2 nitrogen and oxygen atoms in total. The Morgan fingerprint density at radius 2 is 1.94 bits per heavy atom. The number of hydrogen-bond acceptors (Lipinski definition) is 2. The third kappa shape index (κ3) is 1.26. The van der Waals surface area contributed by atoms with Crippen LogP contribution < -0.4 is 5.32 Å². The summed E-state index contributed by atoms with van der Waals surface area (Å²) in [6.45, 7) is 5.94. The molecule has 3 rings (SSSR count). The first-order chi connectivity index (χ1) is 7.74. The topological polar surface area (TPSA) is 15.3 Å². The van der Waals surface area contributed by atoms with E-state index in [4.69, 9.17) is 0 Å². The fraction of sp³-hybridized carbons (Fsp3) is 0.571. The van der Waals surface area contributed by atoms with Gasteiger partial charge in [0.15, 0.2) is 0 Å². The van der Waals surface area contributed by atoms with Gasteiger partial charge < -0.3 is 5.32 Å². The molecule has 2 saturated heterocycles. The zero-order chi connectivity index (χ0) is 11.2. The van der Waals surface area contributed by atoms with Gasteiger partial charge in [0.25, 0.3) is 0 Å². The van der Waals surface area contributed by atoms with Gasteiger partial charge in [-0.1, -0.05) is 37.3 Å². The van der Waals surface area contributed by atoms with Crippen LogP contribution in [-0.4, -0.2) is 37.1 Å². The molecule has 0 aliphatic carbocycles. The Hall–Kier alpha value is -0.860. The summed E-state index contributed by atoms with van der Waals surface area (Å²) >= 11 is 0. The van der Waals surface area contributed by atoms with Crippen molar-refractivity contribution in [1.82, 2.24) is 10.2 Å². The van der Waals surface area contributed by atoms with E-state index in [1.165, 1.54) is 12.1 Å². The lowest BCUT2D eigenvalue weighted by atomic mass is 9.75. The SMILES string of the molecule is CC1C(c2ccccc2)CN(C)C12CNC2. The van der Waals surface area contributed by atoms with E-state index in [0.29, 0.717) is 11.5 Å². The van der Waals surface area contributed by atoms with Crippen molar-refractivity contribution in [3.05, 3.63) is 35.9 Å². The van der Waals surface area contributed by atoms with Crippen molar-refractivity contribution in [3.8, 4) is 0 Å². The quantitative estimate of drug-likeness (QED) is 0.768. The molecule has 2 fully saturated rings. The second-order valence-electron chi connectivity index (χ2n) is 5.39. The van der Waals surface area contributed by atoms with Crippen LogP contribution in [0.15, 0.2) is 30.3 Å². The second kappa shape index (κ2) is 3.57. The first kappa shape index (κ1) is 10.3. The van der Waals surface area contributed by atoms with Crippen molar-refractivity contribution < 1.29 is 0 Å². The van der Waals surface area contributed by atoms with Gasteiger partial charge in [0.1, 0.15) is 0 Å². The molecule has 1 N–H and O–H groups in total. The second-order valence-corrected chi connectivity index (χ2v) is 5.39. The van der Waals surface area contributed by atoms with Gasteiger partial charge >= 0.3 is 0 Å². The number of hydrogen-bond donors (Lipinski definition) is 1. The van der Waals surface area contributed by atoms with Gasteiger partial charge in [0.2, 0.25) is 0 Å². The molecule has 16 heavy (non-hydrogen) atoms. The summed E-state index contributed by atoms with van der Waals surface area (Å²) in [5.74, 6) is 1.45. The highest BCUT2D eigenvalue weighted by atomic mass is 15.3. The normalized spacial score (nSPS) is 32.9. The molecule has 2 aliphatic rings. The molecule has 0 bridgehead atoms. The van der Waals surface area contributed by atoms with Crippen molar-refractivity contribution in [2.75, 3.05) is 26.7 Å². The molecule has 2 unspecified atom stereocenters. The summed E-state index contributed by atoms with van der Waals surface area (Å²) in [6, 6.07) is 11.0. The molecule has 2 aliphatic heterocycles. The maximum Gasteiger partial charge on any atom is 0.0487 e. The molecule has 0 amide bonds. The summed E-state index contributed by atoms with van der Waals surface area (Å²) in [6.07, 6.45) is 0. The molecule has 1 spiro atoms. The zero-order valence-electron chi connectivity index (χ0n) is 10.1. The van der Waals surface area contributed by atoms with E-state index in [9.17, 15) is 0 Å². The van der Waals surface area contributed by atoms with E-state index < -0.39 is 0 Å². The monoisotopic (exact) mass is 216 g/mol. The Balaban J connectivity index is 1.89. The summed E-state index contributed by atoms with van der Waals surface area (Å²) in [5, 5.41) is 3.44. The summed E-state index contributed by atoms with van der Waals surface area (Å²) < 4.78 is 0. The van der Waals surface area contributed by atoms with Gasteiger partial charge in [0.05, 0.1) is 0 Å². The van der Waals surface area contributed by atoms with Gasteiger partial charge in [0, 0.05) is 31.1 Å². The molecule has 0 radical (unpaired) electrons. The maximum absolute atomic E-state index is 3.44. The summed E-state index contributed by atoms with van der Waals surface area (Å²) in [5.41, 5.74) is 1.94. The van der Waals surface area contributed by atoms with Crippen LogP contribution in [0.2, 0.25) is 0 Å². The maximum atomic E-state index is 3.44. The molecular formula is C14H20N2. The van der Waals surface area contributed by atoms with Crippen molar-refractivity contribution >= 4 is 0 Å². The zero-order valence-corrected chi connectivity index (χ0v) is 10.1. The number of likely N-dealkylation sites (N-methyl/N-ethyl adjacent to an activating group) is 1. The van der Waals surface area contributed by atoms with E-state index in [2.05, 4.69) is 54.5 Å². The van der Waals surface area contributed by atoms with E-state index in [1.807, 2.05) is 0 Å². The minimum Gasteiger partial charge on any atom is -0.313 e. The summed E-state index contributed by atoms with van der Waals surface area (Å²) in [4.78, 5) is 2.56. The van der Waals surface area contributed by atoms with Crippen LogP contribution in [0.25, 0.3) is 0 Å². The van der Waals surface area contributed by atoms with Gasteiger partial charge in [-0.15, -0.1) is 0 Å². The lowest BCUT2D eigenvalue weighted by Crippen LogP contribution is -2.67. The number of rotatable bonds is 1. The molecule has 86 valence electrons. The van der Waals surface area contributed by atoms with Crippen LogP contribution in [0.3, 0.4) is 0 Å². The van der Waals surface area contributed by atoms with Gasteiger partial charge in [-0.3, -0.25) is 4.90 Å². The summed E-state index contributed by atoms with van der Waals surface area (Å²) in [7, 11) is 2.28. The van der Waals surface area contributed by atoms with Gasteiger partial charge in [-0.25, -0.2) is 0 Å². The smallest absolute Gasteiger partial charge is 0.0487 e. The molecule has 1 aromatic carbocycles. The third-order valence-corrected chi connectivity index (χ3v) is 4.77. The largest absolute Gasteiger partial charge is 0.313 e. The molecular weight excluding hydrogens is 196 g/mol. The van der Waals surface area contributed by atoms with E-state index in [1.54, 1.807) is 0 Å². The Kier molecular flexibility index (Phi) is 2.30. The number of nitrogens with zero attached hydrogens (tertiary/aromatic N) is 1. The minimum absolute atomic E-state index is 0.431. The lowest BCUT2D eigenvalue weighted by molar-refractivity contribution is 0.0708. The Morgan fingerprint density at radius 1 is 1.25 bits per heavy atom. The fourth-order valence-electron chi connectivity index (χ4n) is 3.42.